The molecule has 0 saturated carbocycles. The molecular weight excluding hydrogens is 209 g/mol. The molecule has 1 N–H and O–H groups in total. The minimum atomic E-state index is -0.391. The first-order chi connectivity index (χ1) is 7.69. The minimum absolute atomic E-state index is 0.0423. The van der Waals surface area contributed by atoms with Crippen LogP contribution in [0.25, 0.3) is 11.1 Å². The van der Waals surface area contributed by atoms with E-state index in [0.717, 1.165) is 0 Å². The molecular formula is C12H10FNO2. The lowest BCUT2D eigenvalue weighted by Gasteiger charge is -2.05. The lowest BCUT2D eigenvalue weighted by Crippen LogP contribution is -1.87. The van der Waals surface area contributed by atoms with Gasteiger partial charge in [-0.3, -0.25) is 4.98 Å². The monoisotopic (exact) mass is 219 g/mol. The maximum Gasteiger partial charge on any atom is 0.134 e. The quantitative estimate of drug-likeness (QED) is 0.844. The Morgan fingerprint density at radius 2 is 1.94 bits per heavy atom. The fraction of sp³-hybridized carbons (Fsp3) is 0.0833. The Balaban J connectivity index is 2.51. The van der Waals surface area contributed by atoms with Crippen molar-refractivity contribution >= 4 is 0 Å². The predicted octanol–water partition coefficient (Wildman–Crippen LogP) is 2.60. The van der Waals surface area contributed by atoms with Crippen LogP contribution >= 0.6 is 0 Å². The Morgan fingerprint density at radius 1 is 1.12 bits per heavy atom. The molecule has 4 heteroatoms. The molecule has 2 rings (SSSR count). The van der Waals surface area contributed by atoms with Gasteiger partial charge in [-0.1, -0.05) is 0 Å². The normalized spacial score (nSPS) is 10.1. The van der Waals surface area contributed by atoms with Crippen LogP contribution in [-0.4, -0.2) is 17.2 Å². The van der Waals surface area contributed by atoms with E-state index in [4.69, 9.17) is 4.74 Å². The molecule has 0 aliphatic rings. The third-order valence-corrected chi connectivity index (χ3v) is 2.16. The number of aromatic nitrogens is 1. The highest BCUT2D eigenvalue weighted by Crippen LogP contribution is 2.26. The van der Waals surface area contributed by atoms with E-state index in [1.54, 1.807) is 12.3 Å². The molecule has 0 aliphatic carbocycles. The molecule has 0 spiro atoms. The summed E-state index contributed by atoms with van der Waals surface area (Å²) in [4.78, 5) is 3.83. The van der Waals surface area contributed by atoms with Gasteiger partial charge >= 0.3 is 0 Å². The topological polar surface area (TPSA) is 42.4 Å². The zero-order valence-corrected chi connectivity index (χ0v) is 8.64. The summed E-state index contributed by atoms with van der Waals surface area (Å²) in [6, 6.07) is 5.85. The van der Waals surface area contributed by atoms with Crippen LogP contribution < -0.4 is 4.74 Å². The fourth-order valence-electron chi connectivity index (χ4n) is 1.43. The lowest BCUT2D eigenvalue weighted by molar-refractivity contribution is 0.411. The molecule has 0 amide bonds. The average Bonchev–Trinajstić information content (AvgIpc) is 2.28. The van der Waals surface area contributed by atoms with E-state index >= 15 is 0 Å². The molecule has 0 radical (unpaired) electrons. The van der Waals surface area contributed by atoms with Crippen molar-refractivity contribution in [1.82, 2.24) is 4.98 Å². The first-order valence-corrected chi connectivity index (χ1v) is 4.68. The summed E-state index contributed by atoms with van der Waals surface area (Å²) < 4.78 is 18.2. The summed E-state index contributed by atoms with van der Waals surface area (Å²) in [5.74, 6) is 0.0803. The van der Waals surface area contributed by atoms with Crippen LogP contribution in [0.3, 0.4) is 0 Å². The van der Waals surface area contributed by atoms with Crippen LogP contribution in [-0.2, 0) is 0 Å². The molecule has 0 fully saturated rings. The number of methoxy groups -OCH3 is 1. The average molecular weight is 219 g/mol. The Morgan fingerprint density at radius 3 is 2.62 bits per heavy atom. The number of rotatable bonds is 2. The second-order valence-corrected chi connectivity index (χ2v) is 3.31. The highest BCUT2D eigenvalue weighted by molar-refractivity contribution is 5.65. The maximum atomic E-state index is 13.2. The van der Waals surface area contributed by atoms with Gasteiger partial charge in [0.2, 0.25) is 0 Å². The molecule has 82 valence electrons. The van der Waals surface area contributed by atoms with Crippen molar-refractivity contribution in [1.29, 1.82) is 0 Å². The second kappa shape index (κ2) is 4.18. The van der Waals surface area contributed by atoms with Crippen molar-refractivity contribution in [2.24, 2.45) is 0 Å². The van der Waals surface area contributed by atoms with Crippen LogP contribution in [0.1, 0.15) is 0 Å². The SMILES string of the molecule is COc1cc(F)cc(-c2cncc(O)c2)c1. The van der Waals surface area contributed by atoms with Crippen LogP contribution in [0, 0.1) is 5.82 Å². The van der Waals surface area contributed by atoms with Gasteiger partial charge in [-0.05, 0) is 23.8 Å². The Labute approximate surface area is 92.1 Å². The minimum Gasteiger partial charge on any atom is -0.506 e. The first-order valence-electron chi connectivity index (χ1n) is 4.68. The van der Waals surface area contributed by atoms with Gasteiger partial charge < -0.3 is 9.84 Å². The zero-order chi connectivity index (χ0) is 11.5. The maximum absolute atomic E-state index is 13.2. The van der Waals surface area contributed by atoms with Gasteiger partial charge in [-0.15, -0.1) is 0 Å². The number of hydrogen-bond acceptors (Lipinski definition) is 3. The van der Waals surface area contributed by atoms with Crippen molar-refractivity contribution in [3.05, 3.63) is 42.5 Å². The number of pyridine rings is 1. The van der Waals surface area contributed by atoms with E-state index in [9.17, 15) is 9.50 Å². The van der Waals surface area contributed by atoms with Crippen LogP contribution in [0.5, 0.6) is 11.5 Å². The lowest BCUT2D eigenvalue weighted by atomic mass is 10.1. The molecule has 1 aromatic heterocycles. The molecule has 0 saturated heterocycles. The van der Waals surface area contributed by atoms with Gasteiger partial charge in [0.15, 0.2) is 0 Å². The van der Waals surface area contributed by atoms with E-state index in [2.05, 4.69) is 4.98 Å². The number of halogens is 1. The molecule has 0 unspecified atom stereocenters. The molecule has 0 aliphatic heterocycles. The van der Waals surface area contributed by atoms with Crippen LogP contribution in [0.2, 0.25) is 0 Å². The third-order valence-electron chi connectivity index (χ3n) is 2.16. The van der Waals surface area contributed by atoms with Gasteiger partial charge in [0.25, 0.3) is 0 Å². The van der Waals surface area contributed by atoms with Gasteiger partial charge in [-0.25, -0.2) is 4.39 Å². The fourth-order valence-corrected chi connectivity index (χ4v) is 1.43. The van der Waals surface area contributed by atoms with E-state index < -0.39 is 5.82 Å². The van der Waals surface area contributed by atoms with Gasteiger partial charge in [0.05, 0.1) is 13.3 Å². The Kier molecular flexibility index (Phi) is 2.72. The summed E-state index contributed by atoms with van der Waals surface area (Å²) in [5.41, 5.74) is 1.25. The van der Waals surface area contributed by atoms with Crippen molar-refractivity contribution < 1.29 is 14.2 Å². The smallest absolute Gasteiger partial charge is 0.134 e. The van der Waals surface area contributed by atoms with E-state index in [1.165, 1.54) is 31.5 Å². The number of aromatic hydroxyl groups is 1. The molecule has 1 heterocycles. The van der Waals surface area contributed by atoms with Crippen molar-refractivity contribution in [2.45, 2.75) is 0 Å². The molecule has 1 aromatic carbocycles. The summed E-state index contributed by atoms with van der Waals surface area (Å²) in [5, 5.41) is 9.28. The van der Waals surface area contributed by atoms with Crippen molar-refractivity contribution in [3.63, 3.8) is 0 Å². The number of benzene rings is 1. The van der Waals surface area contributed by atoms with Crippen LogP contribution in [0.15, 0.2) is 36.7 Å². The predicted molar refractivity (Wildman–Crippen MR) is 57.8 cm³/mol. The Hall–Kier alpha value is -2.10. The molecule has 0 atom stereocenters. The Bertz CT molecular complexity index is 514. The summed E-state index contributed by atoms with van der Waals surface area (Å²) in [6.45, 7) is 0. The van der Waals surface area contributed by atoms with Crippen molar-refractivity contribution in [2.75, 3.05) is 7.11 Å². The van der Waals surface area contributed by atoms with Gasteiger partial charge in [-0.2, -0.15) is 0 Å². The number of nitrogens with zero attached hydrogens (tertiary/aromatic N) is 1. The highest BCUT2D eigenvalue weighted by atomic mass is 19.1. The standard InChI is InChI=1S/C12H10FNO2/c1-16-12-4-8(2-10(13)5-12)9-3-11(15)7-14-6-9/h2-7,15H,1H3. The first kappa shape index (κ1) is 10.4. The summed E-state index contributed by atoms with van der Waals surface area (Å²) >= 11 is 0. The highest BCUT2D eigenvalue weighted by Gasteiger charge is 2.04. The van der Waals surface area contributed by atoms with Crippen molar-refractivity contribution in [3.8, 4) is 22.6 Å². The molecule has 16 heavy (non-hydrogen) atoms. The summed E-state index contributed by atoms with van der Waals surface area (Å²) in [6.07, 6.45) is 2.87. The largest absolute Gasteiger partial charge is 0.506 e. The number of ether oxygens (including phenoxy) is 1. The van der Waals surface area contributed by atoms with Gasteiger partial charge in [0.1, 0.15) is 17.3 Å². The third kappa shape index (κ3) is 2.11. The van der Waals surface area contributed by atoms with E-state index in [-0.39, 0.29) is 5.75 Å². The van der Waals surface area contributed by atoms with Crippen LogP contribution in [0.4, 0.5) is 4.39 Å². The molecule has 0 bridgehead atoms. The zero-order valence-electron chi connectivity index (χ0n) is 8.64. The van der Waals surface area contributed by atoms with Gasteiger partial charge in [0, 0.05) is 17.8 Å². The van der Waals surface area contributed by atoms with E-state index in [0.29, 0.717) is 16.9 Å². The number of hydrogen-bond donors (Lipinski definition) is 1. The summed E-state index contributed by atoms with van der Waals surface area (Å²) in [7, 11) is 1.47. The van der Waals surface area contributed by atoms with E-state index in [1.807, 2.05) is 0 Å². The molecule has 2 aromatic rings. The molecule has 3 nitrogen and oxygen atoms in total. The second-order valence-electron chi connectivity index (χ2n) is 3.31.